The van der Waals surface area contributed by atoms with Gasteiger partial charge in [0.25, 0.3) is 0 Å². The van der Waals surface area contributed by atoms with Crippen LogP contribution in [0.5, 0.6) is 0 Å². The van der Waals surface area contributed by atoms with Crippen LogP contribution in [-0.4, -0.2) is 26.9 Å². The Balaban J connectivity index is 1.66. The van der Waals surface area contributed by atoms with Crippen LogP contribution < -0.4 is 11.0 Å². The lowest BCUT2D eigenvalue weighted by Crippen LogP contribution is -2.50. The van der Waals surface area contributed by atoms with Gasteiger partial charge < -0.3 is 10.5 Å². The highest BCUT2D eigenvalue weighted by atomic mass is 19.4. The minimum absolute atomic E-state index is 0.212. The van der Waals surface area contributed by atoms with E-state index in [0.29, 0.717) is 5.52 Å². The van der Waals surface area contributed by atoms with E-state index in [1.165, 1.54) is 18.1 Å². The summed E-state index contributed by atoms with van der Waals surface area (Å²) in [5.74, 6) is 0. The molecule has 0 saturated heterocycles. The van der Waals surface area contributed by atoms with Crippen molar-refractivity contribution in [3.63, 3.8) is 0 Å². The van der Waals surface area contributed by atoms with E-state index < -0.39 is 18.2 Å². The van der Waals surface area contributed by atoms with Crippen LogP contribution in [0.3, 0.4) is 0 Å². The van der Waals surface area contributed by atoms with E-state index in [1.807, 2.05) is 42.5 Å². The first-order valence-corrected chi connectivity index (χ1v) is 9.94. The van der Waals surface area contributed by atoms with Crippen molar-refractivity contribution in [2.75, 3.05) is 0 Å². The zero-order valence-electron chi connectivity index (χ0n) is 17.1. The second-order valence-corrected chi connectivity index (χ2v) is 7.50. The molecule has 3 N–H and O–H groups in total. The molecule has 4 rings (SSSR count). The first-order valence-electron chi connectivity index (χ1n) is 9.94. The van der Waals surface area contributed by atoms with Crippen molar-refractivity contribution in [1.82, 2.24) is 21.0 Å². The molecule has 164 valence electrons. The van der Waals surface area contributed by atoms with E-state index in [2.05, 4.69) is 22.0 Å². The molecule has 1 aliphatic heterocycles. The molecule has 1 aromatic heterocycles. The second kappa shape index (κ2) is 8.15. The fourth-order valence-corrected chi connectivity index (χ4v) is 3.67. The fraction of sp³-hybridized carbons (Fsp3) is 0.217. The first kappa shape index (κ1) is 21.6. The van der Waals surface area contributed by atoms with E-state index in [0.717, 1.165) is 22.1 Å². The van der Waals surface area contributed by atoms with Gasteiger partial charge in [-0.1, -0.05) is 49.4 Å². The number of nitriles is 1. The molecule has 6 nitrogen and oxygen atoms in total. The number of hydrogen-bond donors (Lipinski definition) is 3. The Labute approximate surface area is 182 Å². The highest BCUT2D eigenvalue weighted by molar-refractivity contribution is 5.95. The maximum Gasteiger partial charge on any atom is 0.422 e. The maximum atomic E-state index is 13.3. The fourth-order valence-electron chi connectivity index (χ4n) is 3.67. The Morgan fingerprint density at radius 1 is 1.12 bits per heavy atom. The van der Waals surface area contributed by atoms with Gasteiger partial charge in [0.15, 0.2) is 0 Å². The summed E-state index contributed by atoms with van der Waals surface area (Å²) < 4.78 is 40.0. The third-order valence-corrected chi connectivity index (χ3v) is 5.47. The number of benzene rings is 2. The van der Waals surface area contributed by atoms with Gasteiger partial charge >= 0.3 is 6.18 Å². The van der Waals surface area contributed by atoms with E-state index >= 15 is 0 Å². The van der Waals surface area contributed by atoms with Crippen molar-refractivity contribution in [3.05, 3.63) is 77.8 Å². The molecular weight excluding hydrogens is 419 g/mol. The number of nitrogens with one attached hydrogen (secondary N) is 2. The molecule has 1 aliphatic rings. The summed E-state index contributed by atoms with van der Waals surface area (Å²) in [6.07, 6.45) is -4.13. The summed E-state index contributed by atoms with van der Waals surface area (Å²) in [6.45, 7) is 1.48. The van der Waals surface area contributed by atoms with Crippen molar-refractivity contribution in [1.29, 1.82) is 5.26 Å². The Bertz CT molecular complexity index is 1220. The summed E-state index contributed by atoms with van der Waals surface area (Å²) >= 11 is 0. The minimum atomic E-state index is -4.81. The number of pyridine rings is 1. The predicted octanol–water partition coefficient (Wildman–Crippen LogP) is 4.14. The van der Waals surface area contributed by atoms with Crippen LogP contribution in [0, 0.1) is 11.3 Å². The van der Waals surface area contributed by atoms with Crippen molar-refractivity contribution in [2.24, 2.45) is 0 Å². The van der Waals surface area contributed by atoms with Crippen molar-refractivity contribution in [2.45, 2.75) is 31.7 Å². The minimum Gasteiger partial charge on any atom is -0.375 e. The summed E-state index contributed by atoms with van der Waals surface area (Å²) in [5.41, 5.74) is 5.19. The largest absolute Gasteiger partial charge is 0.422 e. The van der Waals surface area contributed by atoms with E-state index in [4.69, 9.17) is 0 Å². The molecule has 0 radical (unpaired) electrons. The Hall–Kier alpha value is -3.61. The standard InChI is InChI=1S/C23H20F3N5O/c1-2-22(32,23(24,25)26)21-14-31(30-29-21)13-15-8-9-18-19(16-6-4-3-5-7-16)11-17(12-27)28-20(18)10-15/h3-11,14,29-30,32H,2,13H2,1H3. The van der Waals surface area contributed by atoms with E-state index in [9.17, 15) is 23.5 Å². The number of hydrogen-bond acceptors (Lipinski definition) is 6. The Morgan fingerprint density at radius 3 is 2.53 bits per heavy atom. The van der Waals surface area contributed by atoms with Gasteiger partial charge in [-0.15, -0.1) is 5.53 Å². The lowest BCUT2D eigenvalue weighted by Gasteiger charge is -2.29. The van der Waals surface area contributed by atoms with Gasteiger partial charge in [0.2, 0.25) is 5.60 Å². The molecule has 0 amide bonds. The predicted molar refractivity (Wildman–Crippen MR) is 113 cm³/mol. The zero-order chi connectivity index (χ0) is 22.9. The smallest absolute Gasteiger partial charge is 0.375 e. The van der Waals surface area contributed by atoms with Gasteiger partial charge in [0.1, 0.15) is 11.8 Å². The molecule has 0 bridgehead atoms. The van der Waals surface area contributed by atoms with Gasteiger partial charge in [-0.05, 0) is 35.2 Å². The third kappa shape index (κ3) is 3.86. The molecule has 9 heteroatoms. The number of alkyl halides is 3. The van der Waals surface area contributed by atoms with Crippen LogP contribution in [0.4, 0.5) is 13.2 Å². The highest BCUT2D eigenvalue weighted by Gasteiger charge is 2.56. The summed E-state index contributed by atoms with van der Waals surface area (Å²) in [4.78, 5) is 4.40. The third-order valence-electron chi connectivity index (χ3n) is 5.47. The molecule has 2 aromatic carbocycles. The molecule has 32 heavy (non-hydrogen) atoms. The van der Waals surface area contributed by atoms with Crippen LogP contribution in [0.25, 0.3) is 22.0 Å². The van der Waals surface area contributed by atoms with Gasteiger partial charge in [0.05, 0.1) is 17.8 Å². The number of hydrazine groups is 2. The Morgan fingerprint density at radius 2 is 1.88 bits per heavy atom. The highest BCUT2D eigenvalue weighted by Crippen LogP contribution is 2.38. The van der Waals surface area contributed by atoms with E-state index in [-0.39, 0.29) is 17.9 Å². The molecular formula is C23H20F3N5O. The lowest BCUT2D eigenvalue weighted by molar-refractivity contribution is -0.246. The zero-order valence-corrected chi connectivity index (χ0v) is 17.1. The average molecular weight is 439 g/mol. The lowest BCUT2D eigenvalue weighted by atomic mass is 9.96. The number of aliphatic hydroxyl groups is 1. The molecule has 0 fully saturated rings. The number of halogens is 3. The first-order chi connectivity index (χ1) is 15.2. The van der Waals surface area contributed by atoms with Crippen LogP contribution in [0.2, 0.25) is 0 Å². The van der Waals surface area contributed by atoms with Gasteiger partial charge in [-0.25, -0.2) is 4.98 Å². The molecule has 1 atom stereocenters. The van der Waals surface area contributed by atoms with Crippen LogP contribution in [0.1, 0.15) is 24.6 Å². The number of rotatable bonds is 5. The Kier molecular flexibility index (Phi) is 5.50. The van der Waals surface area contributed by atoms with E-state index in [1.54, 1.807) is 12.1 Å². The summed E-state index contributed by atoms with van der Waals surface area (Å²) in [7, 11) is 0. The van der Waals surface area contributed by atoms with Gasteiger partial charge in [-0.2, -0.15) is 18.4 Å². The van der Waals surface area contributed by atoms with Gasteiger partial charge in [-0.3, -0.25) is 5.01 Å². The monoisotopic (exact) mass is 439 g/mol. The SMILES string of the molecule is CCC(O)(C1=CN(Cc2ccc3c(-c4ccccc4)cc(C#N)nc3c2)NN1)C(F)(F)F. The van der Waals surface area contributed by atoms with Crippen molar-refractivity contribution in [3.8, 4) is 17.2 Å². The normalized spacial score (nSPS) is 15.8. The van der Waals surface area contributed by atoms with Crippen molar-refractivity contribution >= 4 is 10.9 Å². The number of nitrogens with zero attached hydrogens (tertiary/aromatic N) is 3. The quantitative estimate of drug-likeness (QED) is 0.554. The maximum absolute atomic E-state index is 13.3. The van der Waals surface area contributed by atoms with Crippen LogP contribution in [-0.2, 0) is 6.54 Å². The molecule has 0 spiro atoms. The summed E-state index contributed by atoms with van der Waals surface area (Å²) in [6, 6.07) is 19.0. The molecule has 0 aliphatic carbocycles. The summed E-state index contributed by atoms with van der Waals surface area (Å²) in [5, 5.41) is 21.8. The molecule has 2 heterocycles. The van der Waals surface area contributed by atoms with Crippen LogP contribution in [0.15, 0.2) is 66.5 Å². The van der Waals surface area contributed by atoms with Crippen molar-refractivity contribution < 1.29 is 18.3 Å². The molecule has 1 unspecified atom stereocenters. The van der Waals surface area contributed by atoms with Crippen LogP contribution >= 0.6 is 0 Å². The number of aromatic nitrogens is 1. The molecule has 3 aromatic rings. The topological polar surface area (TPSA) is 84.2 Å². The molecule has 0 saturated carbocycles. The second-order valence-electron chi connectivity index (χ2n) is 7.50. The average Bonchev–Trinajstić information content (AvgIpc) is 3.26. The van der Waals surface area contributed by atoms with Gasteiger partial charge in [0, 0.05) is 11.6 Å². The number of fused-ring (bicyclic) bond motifs is 1.